The van der Waals surface area contributed by atoms with Gasteiger partial charge in [-0.25, -0.2) is 0 Å². The highest BCUT2D eigenvalue weighted by molar-refractivity contribution is 7.80. The first-order valence-corrected chi connectivity index (χ1v) is 12.9. The van der Waals surface area contributed by atoms with Crippen LogP contribution in [0.1, 0.15) is 54.4 Å². The predicted molar refractivity (Wildman–Crippen MR) is 142 cm³/mol. The summed E-state index contributed by atoms with van der Waals surface area (Å²) < 4.78 is 0. The van der Waals surface area contributed by atoms with Crippen LogP contribution in [0.4, 0.5) is 0 Å². The van der Waals surface area contributed by atoms with E-state index in [2.05, 4.69) is 79.2 Å². The highest BCUT2D eigenvalue weighted by Gasteiger charge is 2.20. The van der Waals surface area contributed by atoms with Crippen LogP contribution >= 0.6 is 12.6 Å². The van der Waals surface area contributed by atoms with Crippen LogP contribution < -0.4 is 5.32 Å². The highest BCUT2D eigenvalue weighted by Crippen LogP contribution is 2.15. The number of hydrogen-bond donors (Lipinski definition) is 4. The van der Waals surface area contributed by atoms with Crippen LogP contribution in [0.25, 0.3) is 0 Å². The van der Waals surface area contributed by atoms with E-state index in [9.17, 15) is 5.11 Å². The van der Waals surface area contributed by atoms with E-state index in [1.54, 1.807) is 0 Å². The second kappa shape index (κ2) is 15.5. The first-order chi connectivity index (χ1) is 16.0. The average molecular weight is 473 g/mol. The third-order valence-electron chi connectivity index (χ3n) is 6.66. The van der Waals surface area contributed by atoms with Crippen LogP contribution in [0, 0.1) is 13.8 Å². The van der Waals surface area contributed by atoms with Gasteiger partial charge in [0.2, 0.25) is 0 Å². The Morgan fingerprint density at radius 3 is 2.27 bits per heavy atom. The standard InChI is InChI=1S/C27H40N2OS.CH4O/c1-21-6-7-24(19-22(21)2)8-11-26(30)20-29-17-14-25(15-18-29)28-16-4-3-5-23-9-12-27(31)13-10-23;1-2/h6-7,9-10,12-13,19,25-26,28,30-31H,3-5,8,11,14-18,20H2,1-2H3;2H,1H3. The fraction of sp³-hybridized carbons (Fsp3) is 0.571. The quantitative estimate of drug-likeness (QED) is 0.286. The summed E-state index contributed by atoms with van der Waals surface area (Å²) in [5.74, 6) is 0. The van der Waals surface area contributed by atoms with E-state index < -0.39 is 0 Å². The molecular weight excluding hydrogens is 428 g/mol. The molecule has 1 unspecified atom stereocenters. The molecule has 3 rings (SSSR count). The molecule has 184 valence electrons. The molecule has 1 saturated heterocycles. The third-order valence-corrected chi connectivity index (χ3v) is 6.95. The van der Waals surface area contributed by atoms with Gasteiger partial charge in [-0.2, -0.15) is 0 Å². The van der Waals surface area contributed by atoms with E-state index in [0.717, 1.165) is 57.4 Å². The summed E-state index contributed by atoms with van der Waals surface area (Å²) in [6.45, 7) is 8.41. The number of aliphatic hydroxyl groups is 2. The van der Waals surface area contributed by atoms with Crippen LogP contribution in [0.15, 0.2) is 47.4 Å². The molecule has 0 bridgehead atoms. The summed E-state index contributed by atoms with van der Waals surface area (Å²) in [5.41, 5.74) is 5.42. The summed E-state index contributed by atoms with van der Waals surface area (Å²) in [6, 6.07) is 15.8. The monoisotopic (exact) mass is 472 g/mol. The van der Waals surface area contributed by atoms with E-state index in [-0.39, 0.29) is 6.10 Å². The molecule has 0 radical (unpaired) electrons. The summed E-state index contributed by atoms with van der Waals surface area (Å²) in [7, 11) is 1.00. The van der Waals surface area contributed by atoms with E-state index >= 15 is 0 Å². The Labute approximate surface area is 206 Å². The lowest BCUT2D eigenvalue weighted by atomic mass is 10.0. The molecule has 0 amide bonds. The van der Waals surface area contributed by atoms with E-state index in [1.165, 1.54) is 47.9 Å². The zero-order valence-corrected chi connectivity index (χ0v) is 21.7. The molecule has 2 aromatic rings. The number of β-amino-alcohol motifs (C(OH)–C–C–N with tert-alkyl or cyclic N) is 1. The minimum absolute atomic E-state index is 0.234. The number of aliphatic hydroxyl groups excluding tert-OH is 2. The minimum atomic E-state index is -0.234. The molecule has 4 nitrogen and oxygen atoms in total. The summed E-state index contributed by atoms with van der Waals surface area (Å²) in [6.07, 6.45) is 7.54. The molecule has 0 spiro atoms. The zero-order chi connectivity index (χ0) is 24.1. The Balaban J connectivity index is 0.00000187. The Morgan fingerprint density at radius 1 is 0.939 bits per heavy atom. The van der Waals surface area contributed by atoms with Crippen molar-refractivity contribution < 1.29 is 10.2 Å². The van der Waals surface area contributed by atoms with Gasteiger partial charge >= 0.3 is 0 Å². The van der Waals surface area contributed by atoms with Gasteiger partial charge in [0.05, 0.1) is 6.10 Å². The number of nitrogens with zero attached hydrogens (tertiary/aromatic N) is 1. The minimum Gasteiger partial charge on any atom is -0.400 e. The number of benzene rings is 2. The lowest BCUT2D eigenvalue weighted by molar-refractivity contribution is 0.0885. The fourth-order valence-corrected chi connectivity index (χ4v) is 4.57. The van der Waals surface area contributed by atoms with E-state index in [4.69, 9.17) is 5.11 Å². The van der Waals surface area contributed by atoms with Gasteiger partial charge in [-0.15, -0.1) is 12.6 Å². The van der Waals surface area contributed by atoms with Crippen LogP contribution in [0.5, 0.6) is 0 Å². The third kappa shape index (κ3) is 10.6. The maximum atomic E-state index is 10.5. The number of piperidine rings is 1. The molecule has 1 fully saturated rings. The number of hydrogen-bond acceptors (Lipinski definition) is 5. The lowest BCUT2D eigenvalue weighted by Gasteiger charge is -2.33. The van der Waals surface area contributed by atoms with Crippen molar-refractivity contribution in [1.29, 1.82) is 0 Å². The van der Waals surface area contributed by atoms with Gasteiger partial charge < -0.3 is 20.4 Å². The normalized spacial score (nSPS) is 15.7. The number of likely N-dealkylation sites (tertiary alicyclic amines) is 1. The molecule has 3 N–H and O–H groups in total. The van der Waals surface area contributed by atoms with Crippen LogP contribution in [-0.2, 0) is 12.8 Å². The first kappa shape index (κ1) is 27.9. The molecule has 33 heavy (non-hydrogen) atoms. The van der Waals surface area contributed by atoms with Crippen LogP contribution in [-0.4, -0.2) is 60.5 Å². The van der Waals surface area contributed by atoms with E-state index in [0.29, 0.717) is 6.04 Å². The lowest BCUT2D eigenvalue weighted by Crippen LogP contribution is -2.45. The predicted octanol–water partition coefficient (Wildman–Crippen LogP) is 4.57. The first-order valence-electron chi connectivity index (χ1n) is 12.4. The van der Waals surface area contributed by atoms with Crippen molar-refractivity contribution in [3.05, 3.63) is 64.7 Å². The molecule has 1 atom stereocenters. The van der Waals surface area contributed by atoms with Gasteiger partial charge in [0.15, 0.2) is 0 Å². The fourth-order valence-electron chi connectivity index (χ4n) is 4.42. The van der Waals surface area contributed by atoms with E-state index in [1.807, 2.05) is 0 Å². The van der Waals surface area contributed by atoms with Crippen molar-refractivity contribution >= 4 is 12.6 Å². The molecular formula is C28H44N2O2S. The molecule has 1 aliphatic rings. The molecule has 0 aromatic heterocycles. The number of nitrogens with one attached hydrogen (secondary N) is 1. The summed E-state index contributed by atoms with van der Waals surface area (Å²) in [5, 5.41) is 21.2. The van der Waals surface area contributed by atoms with Crippen molar-refractivity contribution in [2.75, 3.05) is 33.3 Å². The molecule has 0 aliphatic carbocycles. The Bertz CT molecular complexity index is 789. The SMILES string of the molecule is CO.Cc1ccc(CCC(O)CN2CCC(NCCCCc3ccc(S)cc3)CC2)cc1C. The van der Waals surface area contributed by atoms with Gasteiger partial charge in [-0.1, -0.05) is 30.3 Å². The van der Waals surface area contributed by atoms with Gasteiger partial charge in [0.25, 0.3) is 0 Å². The van der Waals surface area contributed by atoms with Crippen molar-refractivity contribution in [2.45, 2.75) is 75.8 Å². The topological polar surface area (TPSA) is 55.7 Å². The second-order valence-electron chi connectivity index (χ2n) is 9.26. The van der Waals surface area contributed by atoms with Crippen molar-refractivity contribution in [1.82, 2.24) is 10.2 Å². The highest BCUT2D eigenvalue weighted by atomic mass is 32.1. The van der Waals surface area contributed by atoms with Gasteiger partial charge in [-0.05, 0) is 113 Å². The van der Waals surface area contributed by atoms with Gasteiger partial charge in [-0.3, -0.25) is 0 Å². The maximum absolute atomic E-state index is 10.5. The van der Waals surface area contributed by atoms with Crippen LogP contribution in [0.3, 0.4) is 0 Å². The average Bonchev–Trinajstić information content (AvgIpc) is 2.83. The molecule has 2 aromatic carbocycles. The molecule has 1 heterocycles. The molecule has 5 heteroatoms. The largest absolute Gasteiger partial charge is 0.400 e. The molecule has 1 aliphatic heterocycles. The Morgan fingerprint density at radius 2 is 1.61 bits per heavy atom. The smallest absolute Gasteiger partial charge is 0.0670 e. The number of aryl methyl sites for hydroxylation is 4. The van der Waals surface area contributed by atoms with Gasteiger partial charge in [0, 0.05) is 24.6 Å². The second-order valence-corrected chi connectivity index (χ2v) is 9.78. The Hall–Kier alpha value is -1.37. The Kier molecular flexibility index (Phi) is 13.1. The zero-order valence-electron chi connectivity index (χ0n) is 20.8. The van der Waals surface area contributed by atoms with Gasteiger partial charge in [0.1, 0.15) is 0 Å². The maximum Gasteiger partial charge on any atom is 0.0670 e. The van der Waals surface area contributed by atoms with Crippen molar-refractivity contribution in [2.24, 2.45) is 0 Å². The molecule has 0 saturated carbocycles. The van der Waals surface area contributed by atoms with Crippen molar-refractivity contribution in [3.8, 4) is 0 Å². The van der Waals surface area contributed by atoms with Crippen molar-refractivity contribution in [3.63, 3.8) is 0 Å². The summed E-state index contributed by atoms with van der Waals surface area (Å²) in [4.78, 5) is 3.47. The number of thiol groups is 1. The van der Waals surface area contributed by atoms with Crippen LogP contribution in [0.2, 0.25) is 0 Å². The summed E-state index contributed by atoms with van der Waals surface area (Å²) >= 11 is 4.34. The number of rotatable bonds is 11. The number of unbranched alkanes of at least 4 members (excludes halogenated alkanes) is 1.